The van der Waals surface area contributed by atoms with Crippen molar-refractivity contribution in [3.05, 3.63) is 65.7 Å². The lowest BCUT2D eigenvalue weighted by Gasteiger charge is -2.45. The van der Waals surface area contributed by atoms with Crippen molar-refractivity contribution < 1.29 is 33.0 Å². The molecule has 1 aliphatic carbocycles. The van der Waals surface area contributed by atoms with Gasteiger partial charge in [-0.15, -0.1) is 0 Å². The van der Waals surface area contributed by atoms with Crippen LogP contribution in [0.3, 0.4) is 0 Å². The average Bonchev–Trinajstić information content (AvgIpc) is 2.87. The van der Waals surface area contributed by atoms with Crippen LogP contribution in [0, 0.1) is 0 Å². The number of rotatable bonds is 14. The number of halogens is 2. The third-order valence-corrected chi connectivity index (χ3v) is 6.97. The van der Waals surface area contributed by atoms with Gasteiger partial charge in [-0.05, 0) is 63.3 Å². The van der Waals surface area contributed by atoms with Crippen molar-refractivity contribution in [2.75, 3.05) is 19.8 Å². The second kappa shape index (κ2) is 13.0. The highest BCUT2D eigenvalue weighted by Crippen LogP contribution is 2.46. The molecule has 9 heteroatoms. The van der Waals surface area contributed by atoms with Crippen molar-refractivity contribution in [3.63, 3.8) is 0 Å². The number of urea groups is 1. The van der Waals surface area contributed by atoms with E-state index in [0.717, 1.165) is 12.8 Å². The van der Waals surface area contributed by atoms with E-state index < -0.39 is 42.3 Å². The summed E-state index contributed by atoms with van der Waals surface area (Å²) in [7, 11) is 0. The number of amides is 2. The molecular formula is C30H38F2N2O5. The van der Waals surface area contributed by atoms with E-state index in [1.165, 1.54) is 10.5 Å². The molecule has 7 nitrogen and oxygen atoms in total. The lowest BCUT2D eigenvalue weighted by molar-refractivity contribution is -0.175. The van der Waals surface area contributed by atoms with E-state index in [9.17, 15) is 23.5 Å². The third-order valence-electron chi connectivity index (χ3n) is 6.97. The number of benzene rings is 2. The maximum Gasteiger partial charge on any atom is 0.329 e. The molecule has 3 rings (SSSR count). The van der Waals surface area contributed by atoms with Crippen molar-refractivity contribution in [1.82, 2.24) is 10.2 Å². The van der Waals surface area contributed by atoms with Gasteiger partial charge in [0.25, 0.3) is 5.92 Å². The van der Waals surface area contributed by atoms with Crippen LogP contribution in [0.5, 0.6) is 11.5 Å². The highest BCUT2D eigenvalue weighted by atomic mass is 19.3. The number of aryl methyl sites for hydroxylation is 1. The molecule has 2 aromatic rings. The van der Waals surface area contributed by atoms with Gasteiger partial charge < -0.3 is 24.8 Å². The van der Waals surface area contributed by atoms with E-state index in [0.29, 0.717) is 48.8 Å². The van der Waals surface area contributed by atoms with Gasteiger partial charge in [-0.3, -0.25) is 0 Å². The van der Waals surface area contributed by atoms with Crippen molar-refractivity contribution >= 4 is 18.1 Å². The number of carbonyl (C=O) groups is 2. The number of ether oxygens (including phenoxy) is 2. The van der Waals surface area contributed by atoms with Gasteiger partial charge in [0, 0.05) is 19.4 Å². The lowest BCUT2D eigenvalue weighted by atomic mass is 9.73. The molecule has 1 unspecified atom stereocenters. The van der Waals surface area contributed by atoms with Gasteiger partial charge in [-0.1, -0.05) is 43.0 Å². The summed E-state index contributed by atoms with van der Waals surface area (Å²) in [4.78, 5) is 26.9. The number of nitrogens with zero attached hydrogens (tertiary/aromatic N) is 1. The number of nitrogens with one attached hydrogen (secondary N) is 1. The Morgan fingerprint density at radius 2 is 1.69 bits per heavy atom. The molecule has 1 atom stereocenters. The second-order valence-electron chi connectivity index (χ2n) is 9.84. The minimum Gasteiger partial charge on any atom is -0.493 e. The molecule has 0 heterocycles. The fraction of sp³-hybridized carbons (Fsp3) is 0.467. The zero-order valence-corrected chi connectivity index (χ0v) is 22.8. The van der Waals surface area contributed by atoms with E-state index in [1.54, 1.807) is 6.08 Å². The van der Waals surface area contributed by atoms with E-state index in [1.807, 2.05) is 63.2 Å². The van der Waals surface area contributed by atoms with Crippen LogP contribution in [0.15, 0.2) is 49.0 Å². The van der Waals surface area contributed by atoms with Crippen LogP contribution in [-0.2, 0) is 11.2 Å². The molecule has 1 aliphatic rings. The zero-order valence-electron chi connectivity index (χ0n) is 22.8. The summed E-state index contributed by atoms with van der Waals surface area (Å²) in [6.07, 6.45) is 2.00. The van der Waals surface area contributed by atoms with Gasteiger partial charge in [-0.2, -0.15) is 0 Å². The molecule has 2 amide bonds. The Morgan fingerprint density at radius 3 is 2.18 bits per heavy atom. The monoisotopic (exact) mass is 544 g/mol. The lowest BCUT2D eigenvalue weighted by Crippen LogP contribution is -2.68. The summed E-state index contributed by atoms with van der Waals surface area (Å²) in [6.45, 7) is 10.5. The van der Waals surface area contributed by atoms with E-state index >= 15 is 0 Å². The maximum atomic E-state index is 13.7. The number of unbranched alkanes of at least 4 members (excludes halogenated alkanes) is 1. The van der Waals surface area contributed by atoms with E-state index in [4.69, 9.17) is 9.47 Å². The Labute approximate surface area is 228 Å². The summed E-state index contributed by atoms with van der Waals surface area (Å²) in [5.74, 6) is -3.50. The maximum absolute atomic E-state index is 13.7. The van der Waals surface area contributed by atoms with E-state index in [-0.39, 0.29) is 0 Å². The highest BCUT2D eigenvalue weighted by molar-refractivity contribution is 5.88. The normalized spacial score (nSPS) is 15.9. The molecule has 39 heavy (non-hydrogen) atoms. The van der Waals surface area contributed by atoms with Crippen molar-refractivity contribution in [3.8, 4) is 11.5 Å². The third kappa shape index (κ3) is 7.28. The number of hydrogen-bond acceptors (Lipinski definition) is 4. The molecule has 0 aromatic heterocycles. The highest BCUT2D eigenvalue weighted by Gasteiger charge is 2.62. The summed E-state index contributed by atoms with van der Waals surface area (Å²) >= 11 is 0. The zero-order chi connectivity index (χ0) is 28.6. The number of carbonyl (C=O) groups excluding carboxylic acids is 1. The molecule has 0 radical (unpaired) electrons. The van der Waals surface area contributed by atoms with Crippen LogP contribution in [0.1, 0.15) is 69.2 Å². The Balaban J connectivity index is 1.88. The van der Waals surface area contributed by atoms with Crippen molar-refractivity contribution in [2.45, 2.75) is 70.4 Å². The molecule has 1 fully saturated rings. The van der Waals surface area contributed by atoms with E-state index in [2.05, 4.69) is 11.9 Å². The summed E-state index contributed by atoms with van der Waals surface area (Å²) < 4.78 is 39.1. The molecule has 2 aromatic carbocycles. The Morgan fingerprint density at radius 1 is 1.10 bits per heavy atom. The predicted octanol–water partition coefficient (Wildman–Crippen LogP) is 6.48. The largest absolute Gasteiger partial charge is 0.493 e. The first-order valence-corrected chi connectivity index (χ1v) is 13.4. The Bertz CT molecular complexity index is 1120. The van der Waals surface area contributed by atoms with Crippen LogP contribution >= 0.6 is 0 Å². The first-order valence-electron chi connectivity index (χ1n) is 13.4. The van der Waals surface area contributed by atoms with Crippen LogP contribution in [0.25, 0.3) is 6.08 Å². The van der Waals surface area contributed by atoms with Crippen LogP contribution < -0.4 is 14.8 Å². The van der Waals surface area contributed by atoms with Crippen molar-refractivity contribution in [2.24, 2.45) is 0 Å². The topological polar surface area (TPSA) is 88.1 Å². The molecule has 1 saturated carbocycles. The van der Waals surface area contributed by atoms with Crippen LogP contribution in [-0.4, -0.2) is 53.2 Å². The summed E-state index contributed by atoms with van der Waals surface area (Å²) in [5, 5.41) is 12.1. The van der Waals surface area contributed by atoms with Gasteiger partial charge >= 0.3 is 12.0 Å². The van der Waals surface area contributed by atoms with Crippen molar-refractivity contribution in [1.29, 1.82) is 0 Å². The number of alkyl halides is 2. The molecule has 0 bridgehead atoms. The second-order valence-corrected chi connectivity index (χ2v) is 9.84. The fourth-order valence-corrected chi connectivity index (χ4v) is 4.92. The van der Waals surface area contributed by atoms with Crippen LogP contribution in [0.2, 0.25) is 0 Å². The SMILES string of the molecule is C=Cc1c(OCC)cc(C(C)N(CCCCc2ccccc2)C(=O)NC2(C(=O)O)CC(F)(F)C2)cc1OCC. The van der Waals surface area contributed by atoms with Gasteiger partial charge in [0.15, 0.2) is 5.54 Å². The molecule has 0 spiro atoms. The quantitative estimate of drug-likeness (QED) is 0.266. The summed E-state index contributed by atoms with van der Waals surface area (Å²) in [5.41, 5.74) is 0.567. The number of carboxylic acids is 1. The fourth-order valence-electron chi connectivity index (χ4n) is 4.92. The average molecular weight is 545 g/mol. The van der Waals surface area contributed by atoms with Gasteiger partial charge in [-0.25, -0.2) is 18.4 Å². The first kappa shape index (κ1) is 29.9. The Kier molecular flexibility index (Phi) is 9.94. The molecule has 0 aliphatic heterocycles. The number of aliphatic carboxylic acids is 1. The summed E-state index contributed by atoms with van der Waals surface area (Å²) in [6, 6.07) is 12.3. The molecule has 2 N–H and O–H groups in total. The van der Waals surface area contributed by atoms with Gasteiger partial charge in [0.2, 0.25) is 0 Å². The Hall–Kier alpha value is -3.62. The van der Waals surface area contributed by atoms with Crippen LogP contribution in [0.4, 0.5) is 13.6 Å². The molecule has 0 saturated heterocycles. The first-order chi connectivity index (χ1) is 18.6. The van der Waals surface area contributed by atoms with Gasteiger partial charge in [0.05, 0.1) is 24.8 Å². The van der Waals surface area contributed by atoms with Gasteiger partial charge in [0.1, 0.15) is 11.5 Å². The number of hydrogen-bond donors (Lipinski definition) is 2. The minimum atomic E-state index is -3.13. The minimum absolute atomic E-state index is 0.295. The molecular weight excluding hydrogens is 506 g/mol. The number of carboxylic acid groups (broad SMARTS) is 1. The standard InChI is InChI=1S/C30H38F2N2O5/c1-5-24-25(38-6-2)17-23(18-26(24)39-7-3)21(4)34(16-12-11-15-22-13-9-8-10-14-22)28(37)33-29(27(35)36)19-30(31,32)20-29/h5,8-10,13-14,17-18,21H,1,6-7,11-12,15-16,19-20H2,2-4H3,(H,33,37)(H,35,36). The smallest absolute Gasteiger partial charge is 0.329 e. The molecule has 212 valence electrons. The predicted molar refractivity (Wildman–Crippen MR) is 146 cm³/mol.